The van der Waals surface area contributed by atoms with Crippen LogP contribution in [0.2, 0.25) is 5.02 Å². The van der Waals surface area contributed by atoms with E-state index in [2.05, 4.69) is 18.2 Å². The minimum absolute atomic E-state index is 0.0996. The lowest BCUT2D eigenvalue weighted by Gasteiger charge is -2.37. The minimum Gasteiger partial charge on any atom is -0.496 e. The molecule has 1 N–H and O–H groups in total. The highest BCUT2D eigenvalue weighted by Gasteiger charge is 2.33. The van der Waals surface area contributed by atoms with Crippen LogP contribution in [-0.4, -0.2) is 54.5 Å². The predicted octanol–water partition coefficient (Wildman–Crippen LogP) is 6.63. The zero-order valence-corrected chi connectivity index (χ0v) is 24.3. The van der Waals surface area contributed by atoms with Crippen molar-refractivity contribution in [3.63, 3.8) is 0 Å². The molecule has 0 bridgehead atoms. The summed E-state index contributed by atoms with van der Waals surface area (Å²) >= 11 is 6.02. The van der Waals surface area contributed by atoms with Crippen molar-refractivity contribution in [2.24, 2.45) is 0 Å². The summed E-state index contributed by atoms with van der Waals surface area (Å²) in [7, 11) is 2.86. The second-order valence-corrected chi connectivity index (χ2v) is 11.4. The lowest BCUT2D eigenvalue weighted by Crippen LogP contribution is -2.47. The van der Waals surface area contributed by atoms with Crippen LogP contribution in [-0.2, 0) is 22.3 Å². The monoisotopic (exact) mass is 565 g/mol. The normalized spacial score (nSPS) is 15.5. The highest BCUT2D eigenvalue weighted by Crippen LogP contribution is 2.33. The van der Waals surface area contributed by atoms with Gasteiger partial charge in [0.2, 0.25) is 0 Å². The number of benzene rings is 3. The molecule has 40 heavy (non-hydrogen) atoms. The lowest BCUT2D eigenvalue weighted by atomic mass is 9.85. The first-order chi connectivity index (χ1) is 19.0. The van der Waals surface area contributed by atoms with Gasteiger partial charge in [0, 0.05) is 11.1 Å². The summed E-state index contributed by atoms with van der Waals surface area (Å²) in [6, 6.07) is 18.5. The van der Waals surface area contributed by atoms with Crippen LogP contribution in [0.25, 0.3) is 11.1 Å². The van der Waals surface area contributed by atoms with Gasteiger partial charge >= 0.3 is 12.1 Å². The number of methoxy groups -OCH3 is 2. The summed E-state index contributed by atoms with van der Waals surface area (Å²) in [5, 5.41) is 11.6. The first-order valence-electron chi connectivity index (χ1n) is 13.3. The maximum absolute atomic E-state index is 13.4. The molecular weight excluding hydrogens is 530 g/mol. The van der Waals surface area contributed by atoms with Gasteiger partial charge in [-0.25, -0.2) is 9.59 Å². The largest absolute Gasteiger partial charge is 0.496 e. The van der Waals surface area contributed by atoms with Gasteiger partial charge < -0.3 is 24.2 Å². The van der Waals surface area contributed by atoms with Gasteiger partial charge in [-0.15, -0.1) is 0 Å². The van der Waals surface area contributed by atoms with Gasteiger partial charge in [-0.3, -0.25) is 0 Å². The first kappa shape index (κ1) is 29.4. The van der Waals surface area contributed by atoms with Crippen molar-refractivity contribution in [1.82, 2.24) is 4.90 Å². The number of halogens is 1. The number of hydrogen-bond acceptors (Lipinski definition) is 6. The van der Waals surface area contributed by atoms with Crippen LogP contribution in [0.3, 0.4) is 0 Å². The molecule has 3 aromatic carbocycles. The Labute approximate surface area is 240 Å². The predicted molar refractivity (Wildman–Crippen MR) is 155 cm³/mol. The fourth-order valence-electron chi connectivity index (χ4n) is 5.00. The summed E-state index contributed by atoms with van der Waals surface area (Å²) in [5.41, 5.74) is 4.59. The van der Waals surface area contributed by atoms with Crippen molar-refractivity contribution in [2.75, 3.05) is 20.8 Å². The van der Waals surface area contributed by atoms with Gasteiger partial charge in [0.15, 0.2) is 0 Å². The zero-order valence-electron chi connectivity index (χ0n) is 23.6. The zero-order chi connectivity index (χ0) is 29.0. The highest BCUT2D eigenvalue weighted by molar-refractivity contribution is 6.30. The van der Waals surface area contributed by atoms with E-state index in [-0.39, 0.29) is 12.6 Å². The number of aryl methyl sites for hydroxylation is 1. The SMILES string of the molecule is COC(=O)c1ccc(-c2ccc3c(c2)C[C@@H](N(C[C@H](O)c2ccc(Cl)cc2)C(=O)OC(C)(C)C)CC3)cc1OC. The number of carbonyl (C=O) groups excluding carboxylic acids is 2. The number of hydrogen-bond donors (Lipinski definition) is 1. The van der Waals surface area contributed by atoms with E-state index < -0.39 is 23.8 Å². The van der Waals surface area contributed by atoms with Crippen molar-refractivity contribution < 1.29 is 28.9 Å². The van der Waals surface area contributed by atoms with Crippen LogP contribution in [0.4, 0.5) is 4.79 Å². The third-order valence-corrected chi connectivity index (χ3v) is 7.29. The molecule has 0 spiro atoms. The number of aliphatic hydroxyl groups is 1. The van der Waals surface area contributed by atoms with Crippen LogP contribution in [0.1, 0.15) is 60.3 Å². The molecule has 0 radical (unpaired) electrons. The van der Waals surface area contributed by atoms with Crippen molar-refractivity contribution in [1.29, 1.82) is 0 Å². The van der Waals surface area contributed by atoms with Gasteiger partial charge in [-0.1, -0.05) is 48.0 Å². The summed E-state index contributed by atoms with van der Waals surface area (Å²) in [5.74, 6) is -0.0214. The molecule has 212 valence electrons. The van der Waals surface area contributed by atoms with E-state index in [1.54, 1.807) is 35.2 Å². The van der Waals surface area contributed by atoms with Crippen LogP contribution in [0.15, 0.2) is 60.7 Å². The molecule has 0 saturated carbocycles. The highest BCUT2D eigenvalue weighted by atomic mass is 35.5. The van der Waals surface area contributed by atoms with Crippen molar-refractivity contribution in [3.05, 3.63) is 87.9 Å². The van der Waals surface area contributed by atoms with Crippen molar-refractivity contribution in [3.8, 4) is 16.9 Å². The smallest absolute Gasteiger partial charge is 0.410 e. The second-order valence-electron chi connectivity index (χ2n) is 11.0. The molecule has 2 atom stereocenters. The molecule has 0 aromatic heterocycles. The second kappa shape index (κ2) is 12.3. The van der Waals surface area contributed by atoms with Gasteiger partial charge in [-0.2, -0.15) is 0 Å². The fraction of sp³-hybridized carbons (Fsp3) is 0.375. The van der Waals surface area contributed by atoms with E-state index in [0.717, 1.165) is 29.5 Å². The molecule has 0 unspecified atom stereocenters. The van der Waals surface area contributed by atoms with Crippen molar-refractivity contribution >= 4 is 23.7 Å². The number of esters is 1. The third kappa shape index (κ3) is 6.95. The molecule has 3 aromatic rings. The first-order valence-corrected chi connectivity index (χ1v) is 13.7. The van der Waals surface area contributed by atoms with E-state index in [1.165, 1.54) is 19.8 Å². The molecule has 0 heterocycles. The summed E-state index contributed by atoms with van der Waals surface area (Å²) in [6.45, 7) is 5.60. The number of aliphatic hydroxyl groups excluding tert-OH is 1. The Morgan fingerprint density at radius 1 is 1.00 bits per heavy atom. The van der Waals surface area contributed by atoms with Crippen molar-refractivity contribution in [2.45, 2.75) is 57.8 Å². The van der Waals surface area contributed by atoms with E-state index in [9.17, 15) is 14.7 Å². The molecule has 7 nitrogen and oxygen atoms in total. The molecule has 0 aliphatic heterocycles. The summed E-state index contributed by atoms with van der Waals surface area (Å²) in [6.07, 6.45) is 0.820. The van der Waals surface area contributed by atoms with E-state index in [1.807, 2.05) is 32.9 Å². The van der Waals surface area contributed by atoms with Gasteiger partial charge in [0.25, 0.3) is 0 Å². The van der Waals surface area contributed by atoms with Crippen LogP contribution in [0, 0.1) is 0 Å². The fourth-order valence-corrected chi connectivity index (χ4v) is 5.13. The molecule has 1 aliphatic rings. The molecular formula is C32H36ClNO6. The average molecular weight is 566 g/mol. The third-order valence-electron chi connectivity index (χ3n) is 7.04. The molecule has 1 aliphatic carbocycles. The Kier molecular flexibility index (Phi) is 9.06. The molecule has 1 amide bonds. The van der Waals surface area contributed by atoms with E-state index >= 15 is 0 Å². The Balaban J connectivity index is 1.61. The molecule has 0 saturated heterocycles. The topological polar surface area (TPSA) is 85.3 Å². The number of fused-ring (bicyclic) bond motifs is 1. The Bertz CT molecular complexity index is 1360. The summed E-state index contributed by atoms with van der Waals surface area (Å²) in [4.78, 5) is 27.1. The maximum atomic E-state index is 13.4. The lowest BCUT2D eigenvalue weighted by molar-refractivity contribution is 0.00194. The van der Waals surface area contributed by atoms with Crippen LogP contribution >= 0.6 is 11.6 Å². The number of rotatable bonds is 7. The van der Waals surface area contributed by atoms with E-state index in [4.69, 9.17) is 25.8 Å². The molecule has 0 fully saturated rings. The molecule has 4 rings (SSSR count). The Morgan fingerprint density at radius 3 is 2.33 bits per heavy atom. The van der Waals surface area contributed by atoms with Gasteiger partial charge in [0.1, 0.15) is 16.9 Å². The van der Waals surface area contributed by atoms with Crippen LogP contribution in [0.5, 0.6) is 5.75 Å². The minimum atomic E-state index is -0.890. The maximum Gasteiger partial charge on any atom is 0.410 e. The number of amides is 1. The quantitative estimate of drug-likeness (QED) is 0.324. The van der Waals surface area contributed by atoms with E-state index in [0.29, 0.717) is 28.3 Å². The van der Waals surface area contributed by atoms with Gasteiger partial charge in [0.05, 0.1) is 26.9 Å². The number of nitrogens with zero attached hydrogens (tertiary/aromatic N) is 1. The Morgan fingerprint density at radius 2 is 1.68 bits per heavy atom. The van der Waals surface area contributed by atoms with Gasteiger partial charge in [-0.05, 0) is 92.1 Å². The van der Waals surface area contributed by atoms with Crippen LogP contribution < -0.4 is 4.74 Å². The Hall–Kier alpha value is -3.55. The number of carbonyl (C=O) groups is 2. The molecule has 8 heteroatoms. The standard InChI is InChI=1S/C32H36ClNO6/c1-32(2,3)40-31(37)34(19-28(35)21-8-12-25(33)13-9-21)26-14-10-20-6-7-22(16-24(20)17-26)23-11-15-27(30(36)39-5)29(18-23)38-4/h6-9,11-13,15-16,18,26,28,35H,10,14,17,19H2,1-5H3/t26-,28-/m0/s1. The summed E-state index contributed by atoms with van der Waals surface area (Å²) < 4.78 is 16.1. The average Bonchev–Trinajstić information content (AvgIpc) is 2.93. The number of ether oxygens (including phenoxy) is 3.